The summed E-state index contributed by atoms with van der Waals surface area (Å²) in [5, 5.41) is 0. The molecule has 0 fully saturated rings. The lowest BCUT2D eigenvalue weighted by atomic mass is 9.96. The van der Waals surface area contributed by atoms with Crippen LogP contribution < -0.4 is 4.90 Å². The topological polar surface area (TPSA) is 3.24 Å². The molecule has 0 aliphatic heterocycles. The number of nitrogens with zero attached hydrogens (tertiary/aromatic N) is 1. The molecule has 1 heteroatoms. The Balaban J connectivity index is 3.17. The van der Waals surface area contributed by atoms with Gasteiger partial charge in [0, 0.05) is 18.8 Å². The van der Waals surface area contributed by atoms with Gasteiger partial charge in [0.15, 0.2) is 0 Å². The normalized spacial score (nSPS) is 11.4. The predicted molar refractivity (Wildman–Crippen MR) is 78.8 cm³/mol. The van der Waals surface area contributed by atoms with Gasteiger partial charge in [-0.2, -0.15) is 0 Å². The summed E-state index contributed by atoms with van der Waals surface area (Å²) in [5.74, 6) is 0.566. The van der Waals surface area contributed by atoms with E-state index in [-0.39, 0.29) is 0 Å². The second-order valence-corrected chi connectivity index (χ2v) is 4.64. The summed E-state index contributed by atoms with van der Waals surface area (Å²) in [4.78, 5) is 2.39. The predicted octanol–water partition coefficient (Wildman–Crippen LogP) is 4.69. The van der Waals surface area contributed by atoms with Crippen LogP contribution in [0.25, 0.3) is 6.08 Å². The van der Waals surface area contributed by atoms with Crippen LogP contribution in [0.15, 0.2) is 24.3 Å². The van der Waals surface area contributed by atoms with E-state index in [9.17, 15) is 0 Å². The minimum atomic E-state index is 0.566. The Bertz CT molecular complexity index is 373. The van der Waals surface area contributed by atoms with E-state index in [2.05, 4.69) is 69.9 Å². The lowest BCUT2D eigenvalue weighted by Gasteiger charge is -2.23. The van der Waals surface area contributed by atoms with Crippen molar-refractivity contribution in [2.45, 2.75) is 40.5 Å². The highest BCUT2D eigenvalue weighted by Gasteiger charge is 2.08. The van der Waals surface area contributed by atoms with Gasteiger partial charge < -0.3 is 4.90 Å². The summed E-state index contributed by atoms with van der Waals surface area (Å²) in [7, 11) is 0. The summed E-state index contributed by atoms with van der Waals surface area (Å²) < 4.78 is 0. The van der Waals surface area contributed by atoms with E-state index in [1.165, 1.54) is 16.8 Å². The van der Waals surface area contributed by atoms with Crippen LogP contribution in [-0.4, -0.2) is 13.1 Å². The van der Waals surface area contributed by atoms with Gasteiger partial charge in [0.25, 0.3) is 0 Å². The number of allylic oxidation sites excluding steroid dienone is 1. The van der Waals surface area contributed by atoms with Crippen molar-refractivity contribution >= 4 is 11.8 Å². The van der Waals surface area contributed by atoms with Gasteiger partial charge in [-0.15, -0.1) is 0 Å². The van der Waals surface area contributed by atoms with Gasteiger partial charge in [-0.3, -0.25) is 0 Å². The Hall–Kier alpha value is -1.24. The molecule has 1 aromatic carbocycles. The summed E-state index contributed by atoms with van der Waals surface area (Å²) in [6.45, 7) is 13.1. The largest absolute Gasteiger partial charge is 0.372 e. The second-order valence-electron chi connectivity index (χ2n) is 4.64. The van der Waals surface area contributed by atoms with Crippen LogP contribution in [0.5, 0.6) is 0 Å². The van der Waals surface area contributed by atoms with Crippen LogP contribution in [-0.2, 0) is 0 Å². The van der Waals surface area contributed by atoms with Crippen molar-refractivity contribution < 1.29 is 0 Å². The molecule has 0 amide bonds. The standard InChI is InChI=1S/C16H25N/c1-6-9-14-10-11-15(17(7-2)8-3)12-16(14)13(4)5/h6,9-13H,7-8H2,1-5H3. The van der Waals surface area contributed by atoms with Crippen molar-refractivity contribution in [1.82, 2.24) is 0 Å². The molecule has 1 nitrogen and oxygen atoms in total. The molecule has 0 saturated carbocycles. The third-order valence-electron chi connectivity index (χ3n) is 3.17. The lowest BCUT2D eigenvalue weighted by Crippen LogP contribution is -2.21. The Morgan fingerprint density at radius 1 is 1.18 bits per heavy atom. The fraction of sp³-hybridized carbons (Fsp3) is 0.500. The van der Waals surface area contributed by atoms with Crippen molar-refractivity contribution in [3.63, 3.8) is 0 Å². The van der Waals surface area contributed by atoms with E-state index >= 15 is 0 Å². The average molecular weight is 231 g/mol. The molecule has 0 heterocycles. The Kier molecular flexibility index (Phi) is 5.27. The first-order chi connectivity index (χ1) is 8.13. The Labute approximate surface area is 106 Å². The lowest BCUT2D eigenvalue weighted by molar-refractivity contribution is 0.843. The fourth-order valence-corrected chi connectivity index (χ4v) is 2.18. The molecule has 1 aromatic rings. The number of benzene rings is 1. The van der Waals surface area contributed by atoms with Crippen LogP contribution in [0.2, 0.25) is 0 Å². The van der Waals surface area contributed by atoms with Crippen molar-refractivity contribution in [2.24, 2.45) is 0 Å². The summed E-state index contributed by atoms with van der Waals surface area (Å²) in [6, 6.07) is 6.81. The van der Waals surface area contributed by atoms with Gasteiger partial charge in [0.05, 0.1) is 0 Å². The molecule has 0 N–H and O–H groups in total. The first-order valence-corrected chi connectivity index (χ1v) is 6.65. The Morgan fingerprint density at radius 2 is 1.82 bits per heavy atom. The zero-order valence-electron chi connectivity index (χ0n) is 11.8. The van der Waals surface area contributed by atoms with Crippen LogP contribution in [0.1, 0.15) is 51.7 Å². The van der Waals surface area contributed by atoms with Crippen molar-refractivity contribution in [2.75, 3.05) is 18.0 Å². The van der Waals surface area contributed by atoms with E-state index in [0.29, 0.717) is 5.92 Å². The third-order valence-corrected chi connectivity index (χ3v) is 3.17. The molecule has 0 aromatic heterocycles. The summed E-state index contributed by atoms with van der Waals surface area (Å²) in [5.41, 5.74) is 4.12. The number of hydrogen-bond acceptors (Lipinski definition) is 1. The number of anilines is 1. The molecule has 0 radical (unpaired) electrons. The summed E-state index contributed by atoms with van der Waals surface area (Å²) in [6.07, 6.45) is 4.31. The highest BCUT2D eigenvalue weighted by molar-refractivity contribution is 5.61. The van der Waals surface area contributed by atoms with Gasteiger partial charge in [0.2, 0.25) is 0 Å². The molecule has 0 spiro atoms. The van der Waals surface area contributed by atoms with E-state index < -0.39 is 0 Å². The maximum atomic E-state index is 2.39. The molecule has 17 heavy (non-hydrogen) atoms. The zero-order valence-corrected chi connectivity index (χ0v) is 11.8. The molecule has 0 bridgehead atoms. The molecule has 94 valence electrons. The van der Waals surface area contributed by atoms with Crippen molar-refractivity contribution in [3.8, 4) is 0 Å². The maximum Gasteiger partial charge on any atom is 0.0369 e. The van der Waals surface area contributed by atoms with Crippen LogP contribution in [0, 0.1) is 0 Å². The first kappa shape index (κ1) is 13.8. The van der Waals surface area contributed by atoms with Gasteiger partial charge in [-0.05, 0) is 49.9 Å². The van der Waals surface area contributed by atoms with Crippen molar-refractivity contribution in [3.05, 3.63) is 35.4 Å². The molecule has 1 rings (SSSR count). The number of rotatable bonds is 5. The molecule has 0 atom stereocenters. The molecule has 0 aliphatic rings. The maximum absolute atomic E-state index is 2.39. The van der Waals surface area contributed by atoms with Crippen LogP contribution in [0.3, 0.4) is 0 Å². The zero-order chi connectivity index (χ0) is 12.8. The molecule has 0 aliphatic carbocycles. The highest BCUT2D eigenvalue weighted by Crippen LogP contribution is 2.26. The minimum Gasteiger partial charge on any atom is -0.372 e. The van der Waals surface area contributed by atoms with Gasteiger partial charge in [-0.1, -0.05) is 32.1 Å². The molecule has 0 saturated heterocycles. The number of hydrogen-bond donors (Lipinski definition) is 0. The smallest absolute Gasteiger partial charge is 0.0369 e. The molecular weight excluding hydrogens is 206 g/mol. The fourth-order valence-electron chi connectivity index (χ4n) is 2.18. The first-order valence-electron chi connectivity index (χ1n) is 6.65. The van der Waals surface area contributed by atoms with E-state index in [1.54, 1.807) is 0 Å². The van der Waals surface area contributed by atoms with E-state index in [4.69, 9.17) is 0 Å². The Morgan fingerprint density at radius 3 is 2.29 bits per heavy atom. The average Bonchev–Trinajstić information content (AvgIpc) is 2.32. The minimum absolute atomic E-state index is 0.566. The third kappa shape index (κ3) is 3.36. The van der Waals surface area contributed by atoms with Gasteiger partial charge in [0.1, 0.15) is 0 Å². The summed E-state index contributed by atoms with van der Waals surface area (Å²) >= 11 is 0. The molecule has 0 unspecified atom stereocenters. The monoisotopic (exact) mass is 231 g/mol. The quantitative estimate of drug-likeness (QED) is 0.710. The van der Waals surface area contributed by atoms with Crippen LogP contribution >= 0.6 is 0 Å². The molecular formula is C16H25N. The SMILES string of the molecule is CC=Cc1ccc(N(CC)CC)cc1C(C)C. The second kappa shape index (κ2) is 6.48. The van der Waals surface area contributed by atoms with E-state index in [0.717, 1.165) is 13.1 Å². The highest BCUT2D eigenvalue weighted by atomic mass is 15.1. The van der Waals surface area contributed by atoms with Gasteiger partial charge in [-0.25, -0.2) is 0 Å². The van der Waals surface area contributed by atoms with Crippen LogP contribution in [0.4, 0.5) is 5.69 Å². The van der Waals surface area contributed by atoms with Crippen molar-refractivity contribution in [1.29, 1.82) is 0 Å². The van der Waals surface area contributed by atoms with Gasteiger partial charge >= 0.3 is 0 Å². The van der Waals surface area contributed by atoms with E-state index in [1.807, 2.05) is 0 Å².